The number of unbranched alkanes of at least 4 members (excludes halogenated alkanes) is 1. The van der Waals surface area contributed by atoms with Gasteiger partial charge in [0.2, 0.25) is 5.91 Å². The minimum Gasteiger partial charge on any atom is -0.397 e. The number of benzene rings is 1. The van der Waals surface area contributed by atoms with Gasteiger partial charge in [-0.15, -0.1) is 0 Å². The Labute approximate surface area is 126 Å². The molecule has 1 amide bonds. The van der Waals surface area contributed by atoms with Gasteiger partial charge in [-0.05, 0) is 50.8 Å². The van der Waals surface area contributed by atoms with Crippen LogP contribution in [0.3, 0.4) is 0 Å². The molecule has 1 heterocycles. The van der Waals surface area contributed by atoms with Crippen molar-refractivity contribution >= 4 is 23.0 Å². The van der Waals surface area contributed by atoms with Crippen molar-refractivity contribution in [2.75, 3.05) is 29.5 Å². The van der Waals surface area contributed by atoms with Gasteiger partial charge in [0, 0.05) is 25.3 Å². The summed E-state index contributed by atoms with van der Waals surface area (Å²) in [5.41, 5.74) is 9.68. The van der Waals surface area contributed by atoms with Crippen molar-refractivity contribution < 1.29 is 9.53 Å². The lowest BCUT2D eigenvalue weighted by molar-refractivity contribution is -0.116. The second-order valence-electron chi connectivity index (χ2n) is 5.70. The molecular weight excluding hydrogens is 266 g/mol. The summed E-state index contributed by atoms with van der Waals surface area (Å²) in [7, 11) is 0. The monoisotopic (exact) mass is 291 g/mol. The Bertz CT molecular complexity index is 501. The van der Waals surface area contributed by atoms with Gasteiger partial charge >= 0.3 is 0 Å². The molecule has 0 aliphatic carbocycles. The van der Waals surface area contributed by atoms with Crippen LogP contribution < -0.4 is 16.4 Å². The van der Waals surface area contributed by atoms with E-state index in [1.54, 1.807) is 0 Å². The number of fused-ring (bicyclic) bond motifs is 1. The van der Waals surface area contributed by atoms with Crippen LogP contribution in [-0.2, 0) is 16.0 Å². The van der Waals surface area contributed by atoms with Gasteiger partial charge < -0.3 is 21.1 Å². The van der Waals surface area contributed by atoms with Crippen molar-refractivity contribution in [3.63, 3.8) is 0 Å². The molecule has 21 heavy (non-hydrogen) atoms. The number of anilines is 3. The highest BCUT2D eigenvalue weighted by Gasteiger charge is 2.16. The first-order valence-electron chi connectivity index (χ1n) is 7.64. The van der Waals surface area contributed by atoms with Gasteiger partial charge in [0.05, 0.1) is 17.5 Å². The summed E-state index contributed by atoms with van der Waals surface area (Å²) in [4.78, 5) is 11.4. The average Bonchev–Trinajstić information content (AvgIpc) is 2.43. The number of hydrogen-bond acceptors (Lipinski definition) is 4. The van der Waals surface area contributed by atoms with Crippen LogP contribution in [0.25, 0.3) is 0 Å². The molecule has 0 fully saturated rings. The van der Waals surface area contributed by atoms with E-state index in [1.807, 2.05) is 26.0 Å². The number of ether oxygens (including phenoxy) is 1. The molecule has 1 aromatic rings. The highest BCUT2D eigenvalue weighted by atomic mass is 16.5. The molecule has 0 bridgehead atoms. The van der Waals surface area contributed by atoms with Crippen LogP contribution in [0.15, 0.2) is 12.1 Å². The summed E-state index contributed by atoms with van der Waals surface area (Å²) in [6.07, 6.45) is 3.63. The molecule has 0 aromatic heterocycles. The van der Waals surface area contributed by atoms with E-state index < -0.39 is 0 Å². The molecule has 0 saturated carbocycles. The van der Waals surface area contributed by atoms with Crippen LogP contribution in [-0.4, -0.2) is 25.2 Å². The van der Waals surface area contributed by atoms with E-state index in [-0.39, 0.29) is 12.0 Å². The molecule has 1 aliphatic rings. The Morgan fingerprint density at radius 3 is 2.90 bits per heavy atom. The molecule has 4 N–H and O–H groups in total. The Morgan fingerprint density at radius 1 is 1.33 bits per heavy atom. The summed E-state index contributed by atoms with van der Waals surface area (Å²) in [5.74, 6) is 0.0732. The first-order valence-corrected chi connectivity index (χ1v) is 7.64. The number of rotatable bonds is 7. The summed E-state index contributed by atoms with van der Waals surface area (Å²) in [6, 6.07) is 3.89. The first kappa shape index (κ1) is 15.6. The fraction of sp³-hybridized carbons (Fsp3) is 0.562. The number of amides is 1. The van der Waals surface area contributed by atoms with Crippen molar-refractivity contribution in [1.29, 1.82) is 0 Å². The van der Waals surface area contributed by atoms with Gasteiger partial charge in [0.15, 0.2) is 0 Å². The Kier molecular flexibility index (Phi) is 5.44. The van der Waals surface area contributed by atoms with Crippen LogP contribution in [0.5, 0.6) is 0 Å². The molecule has 5 nitrogen and oxygen atoms in total. The summed E-state index contributed by atoms with van der Waals surface area (Å²) < 4.78 is 5.50. The molecule has 0 radical (unpaired) electrons. The zero-order valence-electron chi connectivity index (χ0n) is 12.9. The van der Waals surface area contributed by atoms with Gasteiger partial charge in [-0.3, -0.25) is 4.79 Å². The lowest BCUT2D eigenvalue weighted by Crippen LogP contribution is -2.19. The molecule has 5 heteroatoms. The smallest absolute Gasteiger partial charge is 0.224 e. The van der Waals surface area contributed by atoms with E-state index in [0.29, 0.717) is 6.42 Å². The molecule has 1 aliphatic heterocycles. The third-order valence-corrected chi connectivity index (χ3v) is 3.51. The fourth-order valence-electron chi connectivity index (χ4n) is 2.37. The van der Waals surface area contributed by atoms with Crippen LogP contribution in [0, 0.1) is 0 Å². The highest BCUT2D eigenvalue weighted by molar-refractivity contribution is 5.95. The maximum Gasteiger partial charge on any atom is 0.224 e. The van der Waals surface area contributed by atoms with Crippen LogP contribution in [0.4, 0.5) is 17.1 Å². The minimum atomic E-state index is 0.0732. The molecule has 116 valence electrons. The lowest BCUT2D eigenvalue weighted by atomic mass is 10.0. The quantitative estimate of drug-likeness (QED) is 0.533. The number of nitrogens with one attached hydrogen (secondary N) is 2. The van der Waals surface area contributed by atoms with Gasteiger partial charge in [-0.2, -0.15) is 0 Å². The zero-order valence-corrected chi connectivity index (χ0v) is 12.9. The molecule has 0 atom stereocenters. The van der Waals surface area contributed by atoms with Crippen LogP contribution in [0.1, 0.15) is 38.7 Å². The van der Waals surface area contributed by atoms with E-state index in [9.17, 15) is 4.79 Å². The number of aryl methyl sites for hydroxylation is 1. The second-order valence-corrected chi connectivity index (χ2v) is 5.70. The van der Waals surface area contributed by atoms with Crippen LogP contribution >= 0.6 is 0 Å². The average molecular weight is 291 g/mol. The normalized spacial score (nSPS) is 14.0. The van der Waals surface area contributed by atoms with Gasteiger partial charge in [-0.25, -0.2) is 0 Å². The zero-order chi connectivity index (χ0) is 15.2. The van der Waals surface area contributed by atoms with Crippen molar-refractivity contribution in [3.05, 3.63) is 17.7 Å². The van der Waals surface area contributed by atoms with E-state index in [2.05, 4.69) is 10.6 Å². The largest absolute Gasteiger partial charge is 0.397 e. The summed E-state index contributed by atoms with van der Waals surface area (Å²) in [6.45, 7) is 5.72. The fourth-order valence-corrected chi connectivity index (χ4v) is 2.37. The van der Waals surface area contributed by atoms with E-state index in [1.165, 1.54) is 0 Å². The number of nitrogens with two attached hydrogens (primary N) is 1. The van der Waals surface area contributed by atoms with Crippen molar-refractivity contribution in [2.24, 2.45) is 0 Å². The molecule has 0 spiro atoms. The molecule has 2 rings (SSSR count). The van der Waals surface area contributed by atoms with Gasteiger partial charge in [0.25, 0.3) is 0 Å². The molecular formula is C16H25N3O2. The van der Waals surface area contributed by atoms with Crippen molar-refractivity contribution in [3.8, 4) is 0 Å². The Morgan fingerprint density at radius 2 is 2.14 bits per heavy atom. The van der Waals surface area contributed by atoms with Gasteiger partial charge in [-0.1, -0.05) is 0 Å². The molecule has 1 aromatic carbocycles. The summed E-state index contributed by atoms with van der Waals surface area (Å²) >= 11 is 0. The number of carbonyl (C=O) groups is 1. The van der Waals surface area contributed by atoms with Crippen molar-refractivity contribution in [2.45, 2.75) is 45.6 Å². The second kappa shape index (κ2) is 7.31. The van der Waals surface area contributed by atoms with E-state index in [0.717, 1.165) is 55.0 Å². The van der Waals surface area contributed by atoms with E-state index >= 15 is 0 Å². The predicted octanol–water partition coefficient (Wildman–Crippen LogP) is 2.77. The third-order valence-electron chi connectivity index (χ3n) is 3.51. The topological polar surface area (TPSA) is 76.4 Å². The third kappa shape index (κ3) is 4.63. The minimum absolute atomic E-state index is 0.0732. The van der Waals surface area contributed by atoms with Crippen molar-refractivity contribution in [1.82, 2.24) is 0 Å². The predicted molar refractivity (Wildman–Crippen MR) is 86.6 cm³/mol. The van der Waals surface area contributed by atoms with E-state index in [4.69, 9.17) is 10.5 Å². The standard InChI is InChI=1S/C16H25N3O2/c1-11(2)21-8-4-3-7-18-15-10-14-12(9-13(15)17)5-6-16(20)19-14/h9-11,18H,3-8,17H2,1-2H3,(H,19,20). The highest BCUT2D eigenvalue weighted by Crippen LogP contribution is 2.30. The number of nitrogen functional groups attached to an aromatic ring is 1. The Hall–Kier alpha value is -1.75. The Balaban J connectivity index is 1.83. The SMILES string of the molecule is CC(C)OCCCCNc1cc2c(cc1N)CCC(=O)N2. The maximum atomic E-state index is 11.4. The lowest BCUT2D eigenvalue weighted by Gasteiger charge is -2.19. The number of hydrogen-bond donors (Lipinski definition) is 3. The first-order chi connectivity index (χ1) is 10.1. The summed E-state index contributed by atoms with van der Waals surface area (Å²) in [5, 5.41) is 6.23. The molecule has 0 unspecified atom stereocenters. The van der Waals surface area contributed by atoms with Crippen LogP contribution in [0.2, 0.25) is 0 Å². The van der Waals surface area contributed by atoms with Gasteiger partial charge in [0.1, 0.15) is 0 Å². The number of carbonyl (C=O) groups excluding carboxylic acids is 1. The molecule has 0 saturated heterocycles. The maximum absolute atomic E-state index is 11.4.